The van der Waals surface area contributed by atoms with Crippen LogP contribution in [0.2, 0.25) is 0 Å². The predicted molar refractivity (Wildman–Crippen MR) is 68.5 cm³/mol. The summed E-state index contributed by atoms with van der Waals surface area (Å²) in [6.45, 7) is 2.77. The van der Waals surface area contributed by atoms with Crippen molar-refractivity contribution >= 4 is 11.6 Å². The summed E-state index contributed by atoms with van der Waals surface area (Å²) in [5.41, 5.74) is 6.34. The third-order valence-corrected chi connectivity index (χ3v) is 2.56. The average Bonchev–Trinajstić information content (AvgIpc) is 2.34. The second kappa shape index (κ2) is 6.11. The van der Waals surface area contributed by atoms with Gasteiger partial charge in [-0.2, -0.15) is 0 Å². The Morgan fingerprint density at radius 1 is 1.44 bits per heavy atom. The Morgan fingerprint density at radius 3 is 2.67 bits per heavy atom. The molecule has 0 aromatic heterocycles. The lowest BCUT2D eigenvalue weighted by Gasteiger charge is -2.16. The van der Waals surface area contributed by atoms with E-state index < -0.39 is 4.92 Å². The predicted octanol–water partition coefficient (Wildman–Crippen LogP) is 1.32. The number of nitrogens with two attached hydrogens (primary N) is 1. The molecule has 6 heteroatoms. The van der Waals surface area contributed by atoms with Crippen LogP contribution < -0.4 is 5.73 Å². The molecule has 0 bridgehead atoms. The largest absolute Gasteiger partial charge is 0.342 e. The third kappa shape index (κ3) is 3.53. The molecule has 2 N–H and O–H groups in total. The lowest BCUT2D eigenvalue weighted by molar-refractivity contribution is -0.384. The van der Waals surface area contributed by atoms with Crippen molar-refractivity contribution in [1.82, 2.24) is 4.90 Å². The van der Waals surface area contributed by atoms with Crippen LogP contribution in [0.4, 0.5) is 5.69 Å². The molecule has 0 aliphatic heterocycles. The fourth-order valence-corrected chi connectivity index (χ4v) is 1.64. The summed E-state index contributed by atoms with van der Waals surface area (Å²) in [5, 5.41) is 10.7. The van der Waals surface area contributed by atoms with Crippen LogP contribution in [0.25, 0.3) is 0 Å². The number of amides is 1. The van der Waals surface area contributed by atoms with Gasteiger partial charge in [0.2, 0.25) is 0 Å². The van der Waals surface area contributed by atoms with Crippen LogP contribution in [0.1, 0.15) is 22.3 Å². The highest BCUT2D eigenvalue weighted by molar-refractivity contribution is 5.94. The van der Waals surface area contributed by atoms with Crippen molar-refractivity contribution in [3.63, 3.8) is 0 Å². The number of hydrogen-bond donors (Lipinski definition) is 1. The van der Waals surface area contributed by atoms with Gasteiger partial charge in [-0.15, -0.1) is 0 Å². The van der Waals surface area contributed by atoms with Gasteiger partial charge in [0.05, 0.1) is 4.92 Å². The number of rotatable bonds is 5. The molecule has 0 heterocycles. The highest BCUT2D eigenvalue weighted by atomic mass is 16.6. The Hall–Kier alpha value is -1.95. The minimum absolute atomic E-state index is 0.0643. The first kappa shape index (κ1) is 14.1. The molecule has 0 aliphatic carbocycles. The Morgan fingerprint density at radius 2 is 2.11 bits per heavy atom. The summed E-state index contributed by atoms with van der Waals surface area (Å²) in [6, 6.07) is 4.39. The second-order valence-corrected chi connectivity index (χ2v) is 4.18. The van der Waals surface area contributed by atoms with Crippen LogP contribution >= 0.6 is 0 Å². The highest BCUT2D eigenvalue weighted by Crippen LogP contribution is 2.17. The fraction of sp³-hybridized carbons (Fsp3) is 0.417. The molecule has 0 saturated carbocycles. The number of aryl methyl sites for hydroxylation is 1. The normalized spacial score (nSPS) is 10.2. The number of nitrogens with zero attached hydrogens (tertiary/aromatic N) is 2. The number of nitro groups is 1. The number of benzene rings is 1. The van der Waals surface area contributed by atoms with E-state index in [2.05, 4.69) is 0 Å². The molecule has 98 valence electrons. The van der Waals surface area contributed by atoms with Crippen LogP contribution in [0.5, 0.6) is 0 Å². The zero-order valence-corrected chi connectivity index (χ0v) is 10.5. The van der Waals surface area contributed by atoms with Gasteiger partial charge in [0.25, 0.3) is 11.6 Å². The molecular weight excluding hydrogens is 234 g/mol. The van der Waals surface area contributed by atoms with E-state index in [0.29, 0.717) is 30.6 Å². The molecule has 1 aromatic rings. The first-order valence-electron chi connectivity index (χ1n) is 5.67. The molecular formula is C12H17N3O3. The quantitative estimate of drug-likeness (QED) is 0.631. The smallest absolute Gasteiger partial charge is 0.270 e. The maximum Gasteiger partial charge on any atom is 0.270 e. The summed E-state index contributed by atoms with van der Waals surface area (Å²) in [6.07, 6.45) is 0.705. The molecule has 0 atom stereocenters. The molecule has 0 aliphatic rings. The zero-order valence-electron chi connectivity index (χ0n) is 10.5. The van der Waals surface area contributed by atoms with Crippen LogP contribution in [-0.4, -0.2) is 35.9 Å². The van der Waals surface area contributed by atoms with E-state index in [4.69, 9.17) is 5.73 Å². The number of carbonyl (C=O) groups excluding carboxylic acids is 1. The lowest BCUT2D eigenvalue weighted by atomic mass is 10.1. The first-order valence-corrected chi connectivity index (χ1v) is 5.67. The molecule has 18 heavy (non-hydrogen) atoms. The maximum absolute atomic E-state index is 12.0. The van der Waals surface area contributed by atoms with Crippen molar-refractivity contribution in [2.24, 2.45) is 5.73 Å². The van der Waals surface area contributed by atoms with Crippen LogP contribution in [0, 0.1) is 17.0 Å². The monoisotopic (exact) mass is 251 g/mol. The molecule has 1 rings (SSSR count). The second-order valence-electron chi connectivity index (χ2n) is 4.18. The molecule has 0 spiro atoms. The van der Waals surface area contributed by atoms with Crippen molar-refractivity contribution in [3.05, 3.63) is 39.4 Å². The molecule has 6 nitrogen and oxygen atoms in total. The SMILES string of the molecule is Cc1cc(C(=O)N(C)CCCN)cc([N+](=O)[O-])c1. The van der Waals surface area contributed by atoms with Gasteiger partial charge in [0.1, 0.15) is 0 Å². The van der Waals surface area contributed by atoms with Crippen molar-refractivity contribution in [3.8, 4) is 0 Å². The standard InChI is InChI=1S/C12H17N3O3/c1-9-6-10(8-11(7-9)15(17)18)12(16)14(2)5-3-4-13/h6-8H,3-5,13H2,1-2H3. The van der Waals surface area contributed by atoms with Gasteiger partial charge in [0.15, 0.2) is 0 Å². The van der Waals surface area contributed by atoms with Gasteiger partial charge < -0.3 is 10.6 Å². The summed E-state index contributed by atoms with van der Waals surface area (Å²) in [5.74, 6) is -0.227. The number of nitro benzene ring substituents is 1. The van der Waals surface area contributed by atoms with Gasteiger partial charge in [0, 0.05) is 31.3 Å². The molecule has 1 aromatic carbocycles. The van der Waals surface area contributed by atoms with E-state index in [1.165, 1.54) is 17.0 Å². The van der Waals surface area contributed by atoms with Crippen LogP contribution in [-0.2, 0) is 0 Å². The van der Waals surface area contributed by atoms with Crippen molar-refractivity contribution in [1.29, 1.82) is 0 Å². The fourth-order valence-electron chi connectivity index (χ4n) is 1.64. The lowest BCUT2D eigenvalue weighted by Crippen LogP contribution is -2.29. The Bertz CT molecular complexity index is 460. The minimum atomic E-state index is -0.496. The number of carbonyl (C=O) groups is 1. The Balaban J connectivity index is 2.95. The van der Waals surface area contributed by atoms with Gasteiger partial charge in [-0.1, -0.05) is 0 Å². The summed E-state index contributed by atoms with van der Waals surface area (Å²) >= 11 is 0. The number of non-ortho nitro benzene ring substituents is 1. The molecule has 0 radical (unpaired) electrons. The van der Waals surface area contributed by atoms with Gasteiger partial charge in [-0.25, -0.2) is 0 Å². The van der Waals surface area contributed by atoms with E-state index >= 15 is 0 Å². The van der Waals surface area contributed by atoms with Gasteiger partial charge in [-0.3, -0.25) is 14.9 Å². The van der Waals surface area contributed by atoms with E-state index in [9.17, 15) is 14.9 Å². The summed E-state index contributed by atoms with van der Waals surface area (Å²) in [4.78, 5) is 23.8. The molecule has 0 unspecified atom stereocenters. The van der Waals surface area contributed by atoms with Gasteiger partial charge >= 0.3 is 0 Å². The molecule has 0 saturated heterocycles. The van der Waals surface area contributed by atoms with Crippen molar-refractivity contribution < 1.29 is 9.72 Å². The highest BCUT2D eigenvalue weighted by Gasteiger charge is 2.16. The molecule has 1 amide bonds. The number of hydrogen-bond acceptors (Lipinski definition) is 4. The van der Waals surface area contributed by atoms with Crippen molar-refractivity contribution in [2.75, 3.05) is 20.1 Å². The van der Waals surface area contributed by atoms with Crippen molar-refractivity contribution in [2.45, 2.75) is 13.3 Å². The Kier molecular flexibility index (Phi) is 4.79. The van der Waals surface area contributed by atoms with Crippen LogP contribution in [0.3, 0.4) is 0 Å². The van der Waals surface area contributed by atoms with Gasteiger partial charge in [-0.05, 0) is 31.5 Å². The van der Waals surface area contributed by atoms with E-state index in [-0.39, 0.29) is 11.6 Å². The van der Waals surface area contributed by atoms with E-state index in [0.717, 1.165) is 0 Å². The third-order valence-electron chi connectivity index (χ3n) is 2.56. The maximum atomic E-state index is 12.0. The zero-order chi connectivity index (χ0) is 13.7. The summed E-state index contributed by atoms with van der Waals surface area (Å²) < 4.78 is 0. The van der Waals surface area contributed by atoms with E-state index in [1.807, 2.05) is 0 Å². The van der Waals surface area contributed by atoms with E-state index in [1.54, 1.807) is 20.0 Å². The Labute approximate surface area is 106 Å². The average molecular weight is 251 g/mol. The topological polar surface area (TPSA) is 89.5 Å². The minimum Gasteiger partial charge on any atom is -0.342 e. The first-order chi connectivity index (χ1) is 8.45. The summed E-state index contributed by atoms with van der Waals surface area (Å²) in [7, 11) is 1.66. The van der Waals surface area contributed by atoms with Crippen LogP contribution in [0.15, 0.2) is 18.2 Å². The molecule has 0 fully saturated rings.